The van der Waals surface area contributed by atoms with E-state index in [1.165, 1.54) is 106 Å². The van der Waals surface area contributed by atoms with E-state index in [-0.39, 0.29) is 68.3 Å². The van der Waals surface area contributed by atoms with Crippen LogP contribution in [0.2, 0.25) is 0 Å². The van der Waals surface area contributed by atoms with Gasteiger partial charge in [0.1, 0.15) is 19.3 Å². The Morgan fingerprint density at radius 3 is 1.39 bits per heavy atom. The normalized spacial score (nSPS) is 16.9. The summed E-state index contributed by atoms with van der Waals surface area (Å²) in [5, 5.41) is 7.39. The van der Waals surface area contributed by atoms with Gasteiger partial charge in [-0.3, -0.25) is 28.8 Å². The molecule has 31 heteroatoms. The van der Waals surface area contributed by atoms with Gasteiger partial charge in [0, 0.05) is 168 Å². The molecule has 5 atom stereocenters. The van der Waals surface area contributed by atoms with E-state index in [0.717, 1.165) is 119 Å². The van der Waals surface area contributed by atoms with Crippen LogP contribution in [0.1, 0.15) is 125 Å². The molecule has 0 unspecified atom stereocenters. The number of Topliss-reactive ketones (excluding diaryl/α,β-unsaturated/α-hetero) is 1. The van der Waals surface area contributed by atoms with Crippen LogP contribution >= 0.6 is 59.4 Å². The number of rotatable bonds is 22. The fourth-order valence-corrected chi connectivity index (χ4v) is 22.7. The number of ether oxygens (including phenoxy) is 2. The standard InChI is InChI=1S/C24H26N2O3S.C22H26N2O2S.C21H19BrN2O3.C14H17BrN2.C13H14ClNO3.C8H6BrN.C8H8O2S.CH3.Pd/c1-18(27)26-17-20(16-21-7-6-13-25(21)2)23-15-19(10-11-24(23)26)12-14-30(28,29)22-8-4-3-5-9-22;1-24-12-5-6-19(24)15-18-16-23-22-10-9-17(14-21(18)22)11-13-27(25,26)20-7-3-2-4-8-20;22-15-8-9-18-16(11-15)17(12-23-18)20(25)19-7-4-10-24(19)21(26)27-13-14-5-2-1-3-6-14;1-17-6-2-3-12(17)7-10-9-16-14-5-4-11(15)8-13(10)14;14-12(16)11-7-4-8-15(11)13(17)18-9-10-5-2-1-3-6-10;9-7-1-2-8-6(5-7)3-4-10-8;1-2-11(9,10)8-6-4-3-5-7-8;;/h3-5,8-12,14-15,17,21H,6-7,13,16H2,1-2H3;2-4,7-10,14,16,19,23H,5-6,11-13,15H2,1H3;1-3,5-6,8-9,11-12,19,23H,4,7,10,13H2;4-5,8-9,12,16H,2-3,6-7H2,1H3;1-3,5-6,11H,4,7-9H2;1-5,10H;2-7H,1H2;1H3;/q;;;;;;;-1;/b14-12+;;;;;;;;/t21-;2*19-;12-;11-;;;;/m11111..../s1. The number of likely N-dealkylation sites (N-methyl/N-ethyl adjacent to an activating group) is 3. The van der Waals surface area contributed by atoms with Crippen molar-refractivity contribution in [2.24, 2.45) is 0 Å². The summed E-state index contributed by atoms with van der Waals surface area (Å²) < 4.78 is 87.8. The number of H-pyrrole nitrogens is 4. The van der Waals surface area contributed by atoms with Gasteiger partial charge < -0.3 is 51.5 Å². The number of fused-ring (bicyclic) bond motifs is 5. The molecule has 15 aromatic rings. The third kappa shape index (κ3) is 29.5. The molecule has 10 heterocycles. The van der Waals surface area contributed by atoms with Crippen molar-refractivity contribution < 1.29 is 79.1 Å². The van der Waals surface area contributed by atoms with E-state index in [1.807, 2.05) is 128 Å². The fourth-order valence-electron chi connectivity index (χ4n) is 18.3. The Bertz CT molecular complexity index is 7200. The number of aromatic amines is 4. The SMILES string of the molecule is Brc1ccc2[nH]ccc2c1.C=CS(=O)(=O)c1ccccc1.CC(=O)n1cc(C[C@H]2CCCN2C)c2cc(/C=C/S(=O)(=O)c3ccccc3)ccc21.CN1CCC[C@@H]1Cc1c[nH]c2ccc(Br)cc12.CN1CCC[C@@H]1Cc1c[nH]c2ccc(CCS(=O)(=O)c3ccccc3)cc12.O=C(Cl)[C@H]1CCCN1C(=O)OCc1ccccc1.O=C(c1c[nH]c2ccc(Br)cc12)[C@H]1CCCN1C(=O)OCc1ccccc1.[CH3-].[Pd]. The minimum absolute atomic E-state index is 0. The molecule has 10 aromatic carbocycles. The molecule has 5 saturated heterocycles. The van der Waals surface area contributed by atoms with Crippen molar-refractivity contribution in [3.8, 4) is 0 Å². The van der Waals surface area contributed by atoms with Crippen LogP contribution in [0.15, 0.2) is 325 Å². The molecule has 5 aliphatic heterocycles. The molecular formula is C111H119Br3ClN10O13PdS3-. The minimum Gasteiger partial charge on any atom is -0.445 e. The van der Waals surface area contributed by atoms with Gasteiger partial charge in [-0.2, -0.15) is 0 Å². The van der Waals surface area contributed by atoms with Crippen LogP contribution in [0.25, 0.3) is 60.6 Å². The number of ketones is 1. The van der Waals surface area contributed by atoms with E-state index in [2.05, 4.69) is 171 Å². The molecule has 4 N–H and O–H groups in total. The second kappa shape index (κ2) is 52.0. The van der Waals surface area contributed by atoms with Crippen molar-refractivity contribution in [1.82, 2.24) is 49.0 Å². The van der Waals surface area contributed by atoms with Gasteiger partial charge in [-0.05, 0) is 309 Å². The molecule has 5 fully saturated rings. The summed E-state index contributed by atoms with van der Waals surface area (Å²) in [5.41, 5.74) is 13.5. The number of hydrogen-bond donors (Lipinski definition) is 4. The molecule has 748 valence electrons. The third-order valence-corrected chi connectivity index (χ3v) is 32.4. The number of carbonyl (C=O) groups is 5. The van der Waals surface area contributed by atoms with E-state index in [4.69, 9.17) is 21.1 Å². The molecule has 5 aromatic heterocycles. The second-order valence-electron chi connectivity index (χ2n) is 35.6. The van der Waals surface area contributed by atoms with Gasteiger partial charge in [0.2, 0.25) is 11.1 Å². The molecule has 23 nitrogen and oxygen atoms in total. The monoisotopic (exact) mass is 2270 g/mol. The summed E-state index contributed by atoms with van der Waals surface area (Å²) in [5.74, 6) is 0.0580. The summed E-state index contributed by atoms with van der Waals surface area (Å²) in [6, 6.07) is 77.5. The molecule has 0 bridgehead atoms. The average Bonchev–Trinajstić information content (AvgIpc) is 1.63. The summed E-state index contributed by atoms with van der Waals surface area (Å²) in [4.78, 5) is 85.0. The first-order valence-corrected chi connectivity index (χ1v) is 54.4. The van der Waals surface area contributed by atoms with E-state index in [9.17, 15) is 49.2 Å². The zero-order chi connectivity index (χ0) is 99.0. The largest absolute Gasteiger partial charge is 0.445 e. The van der Waals surface area contributed by atoms with Crippen LogP contribution in [0.3, 0.4) is 0 Å². The predicted octanol–water partition coefficient (Wildman–Crippen LogP) is 24.2. The van der Waals surface area contributed by atoms with Gasteiger partial charge in [-0.25, -0.2) is 34.8 Å². The Morgan fingerprint density at radius 1 is 0.451 bits per heavy atom. The summed E-state index contributed by atoms with van der Waals surface area (Å²) in [6.45, 7) is 9.78. The third-order valence-electron chi connectivity index (χ3n) is 26.1. The van der Waals surface area contributed by atoms with Crippen molar-refractivity contribution in [3.63, 3.8) is 0 Å². The van der Waals surface area contributed by atoms with Gasteiger partial charge in [0.05, 0.1) is 32.0 Å². The molecule has 142 heavy (non-hydrogen) atoms. The molecular weight excluding hydrogens is 2160 g/mol. The number of carbonyl (C=O) groups excluding carboxylic acids is 5. The van der Waals surface area contributed by atoms with Gasteiger partial charge >= 0.3 is 12.2 Å². The van der Waals surface area contributed by atoms with Gasteiger partial charge in [0.15, 0.2) is 35.3 Å². The Kier molecular flexibility index (Phi) is 40.2. The molecule has 5 aliphatic rings. The van der Waals surface area contributed by atoms with Crippen LogP contribution < -0.4 is 0 Å². The number of nitrogens with one attached hydrogen (secondary N) is 4. The number of hydrogen-bond acceptors (Lipinski definition) is 16. The number of sulfone groups is 3. The van der Waals surface area contributed by atoms with Crippen molar-refractivity contribution in [2.75, 3.05) is 59.6 Å². The fraction of sp³-hybridized carbons (Fsp3) is 0.279. The van der Waals surface area contributed by atoms with Crippen molar-refractivity contribution in [1.29, 1.82) is 0 Å². The van der Waals surface area contributed by atoms with E-state index in [0.29, 0.717) is 60.9 Å². The molecule has 0 saturated carbocycles. The Hall–Kier alpha value is -10.9. The zero-order valence-corrected chi connectivity index (χ0v) is 89.5. The van der Waals surface area contributed by atoms with Gasteiger partial charge in [-0.15, -0.1) is 0 Å². The first-order valence-electron chi connectivity index (χ1n) is 46.9. The maximum atomic E-state index is 13.1. The smallest absolute Gasteiger partial charge is 0.410 e. The number of amides is 2. The number of benzene rings is 10. The van der Waals surface area contributed by atoms with Crippen LogP contribution in [0.4, 0.5) is 9.59 Å². The topological polar surface area (TPSA) is 291 Å². The van der Waals surface area contributed by atoms with E-state index in [1.54, 1.807) is 101 Å². The van der Waals surface area contributed by atoms with Gasteiger partial charge in [0.25, 0.3) is 0 Å². The van der Waals surface area contributed by atoms with Crippen LogP contribution in [0.5, 0.6) is 0 Å². The van der Waals surface area contributed by atoms with E-state index >= 15 is 0 Å². The zero-order valence-electron chi connectivity index (χ0n) is 80.0. The summed E-state index contributed by atoms with van der Waals surface area (Å²) in [6.07, 6.45) is 24.6. The predicted molar refractivity (Wildman–Crippen MR) is 576 cm³/mol. The van der Waals surface area contributed by atoms with Crippen molar-refractivity contribution in [2.45, 2.75) is 155 Å². The summed E-state index contributed by atoms with van der Waals surface area (Å²) in [7, 11) is -3.40. The number of aromatic nitrogens is 5. The molecule has 0 aliphatic carbocycles. The average molecular weight is 2280 g/mol. The molecule has 20 rings (SSSR count). The Morgan fingerprint density at radius 2 is 0.887 bits per heavy atom. The minimum atomic E-state index is -3.50. The van der Waals surface area contributed by atoms with Crippen molar-refractivity contribution in [3.05, 3.63) is 362 Å². The summed E-state index contributed by atoms with van der Waals surface area (Å²) >= 11 is 15.9. The molecule has 2 amide bonds. The number of nitrogens with zero attached hydrogens (tertiary/aromatic N) is 6. The van der Waals surface area contributed by atoms with Crippen LogP contribution in [-0.4, -0.2) is 193 Å². The van der Waals surface area contributed by atoms with Crippen LogP contribution in [-0.2, 0) is 103 Å². The quantitative estimate of drug-likeness (QED) is 0.0212. The van der Waals surface area contributed by atoms with Gasteiger partial charge in [-0.1, -0.05) is 182 Å². The van der Waals surface area contributed by atoms with Crippen LogP contribution in [0, 0.1) is 7.43 Å². The Balaban J connectivity index is 0.000000152. The number of aryl methyl sites for hydroxylation is 1. The van der Waals surface area contributed by atoms with E-state index < -0.39 is 59.0 Å². The number of halogens is 4. The Labute approximate surface area is 876 Å². The first kappa shape index (κ1) is 110. The second-order valence-corrected chi connectivity index (χ2v) is 44.5. The number of likely N-dealkylation sites (tertiary alicyclic amines) is 5. The maximum absolute atomic E-state index is 13.1. The maximum Gasteiger partial charge on any atom is 0.410 e. The molecule has 0 spiro atoms. The first-order chi connectivity index (χ1) is 67.5. The molecule has 0 radical (unpaired) electrons. The van der Waals surface area contributed by atoms with Crippen molar-refractivity contribution >= 4 is 179 Å².